The van der Waals surface area contributed by atoms with E-state index in [1.165, 1.54) is 6.42 Å². The van der Waals surface area contributed by atoms with Crippen molar-refractivity contribution in [1.82, 2.24) is 5.32 Å². The fourth-order valence-corrected chi connectivity index (χ4v) is 3.73. The molecule has 21 heavy (non-hydrogen) atoms. The Morgan fingerprint density at radius 2 is 1.81 bits per heavy atom. The van der Waals surface area contributed by atoms with Gasteiger partial charge in [0, 0.05) is 17.7 Å². The summed E-state index contributed by atoms with van der Waals surface area (Å²) in [6, 6.07) is 0. The van der Waals surface area contributed by atoms with Crippen LogP contribution in [0.2, 0.25) is 0 Å². The first-order chi connectivity index (χ1) is 9.76. The molecule has 2 atom stereocenters. The average molecular weight is 299 g/mol. The summed E-state index contributed by atoms with van der Waals surface area (Å²) in [7, 11) is 0. The maximum Gasteiger partial charge on any atom is 0.158 e. The van der Waals surface area contributed by atoms with Gasteiger partial charge in [-0.3, -0.25) is 0 Å². The molecule has 4 nitrogen and oxygen atoms in total. The fourth-order valence-electron chi connectivity index (χ4n) is 3.73. The van der Waals surface area contributed by atoms with Gasteiger partial charge in [-0.05, 0) is 66.7 Å². The van der Waals surface area contributed by atoms with Crippen molar-refractivity contribution in [2.75, 3.05) is 13.2 Å². The molecule has 1 N–H and O–H groups in total. The molecule has 0 radical (unpaired) electrons. The van der Waals surface area contributed by atoms with Gasteiger partial charge in [0.05, 0.1) is 18.8 Å². The van der Waals surface area contributed by atoms with Gasteiger partial charge in [0.1, 0.15) is 0 Å². The molecule has 2 heterocycles. The third kappa shape index (κ3) is 5.85. The second-order valence-electron chi connectivity index (χ2n) is 8.00. The summed E-state index contributed by atoms with van der Waals surface area (Å²) in [6.45, 7) is 12.6. The van der Waals surface area contributed by atoms with Crippen LogP contribution in [-0.4, -0.2) is 42.8 Å². The molecule has 2 fully saturated rings. The van der Waals surface area contributed by atoms with Gasteiger partial charge in [-0.15, -0.1) is 0 Å². The lowest BCUT2D eigenvalue weighted by atomic mass is 9.81. The van der Waals surface area contributed by atoms with Crippen LogP contribution >= 0.6 is 0 Å². The smallest absolute Gasteiger partial charge is 0.158 e. The first kappa shape index (κ1) is 17.2. The van der Waals surface area contributed by atoms with Crippen LogP contribution in [0.1, 0.15) is 66.7 Å². The second kappa shape index (κ2) is 6.95. The summed E-state index contributed by atoms with van der Waals surface area (Å²) in [5, 5.41) is 3.68. The molecular weight excluding hydrogens is 266 g/mol. The molecule has 124 valence electrons. The van der Waals surface area contributed by atoms with Crippen LogP contribution in [0.3, 0.4) is 0 Å². The van der Waals surface area contributed by atoms with Crippen molar-refractivity contribution in [3.63, 3.8) is 0 Å². The molecule has 2 aliphatic heterocycles. The standard InChI is InChI=1S/C17H33NO3/c1-13(21-15-8-6-7-9-19-15)12-20-14-10-16(2,3)18-17(4,5)11-14/h13-15,18H,6-12H2,1-5H3. The maximum absolute atomic E-state index is 6.14. The molecule has 0 aromatic rings. The number of hydrogen-bond acceptors (Lipinski definition) is 4. The lowest BCUT2D eigenvalue weighted by Gasteiger charge is -2.46. The minimum absolute atomic E-state index is 0.0294. The van der Waals surface area contributed by atoms with Gasteiger partial charge in [-0.1, -0.05) is 0 Å². The Labute approximate surface area is 129 Å². The van der Waals surface area contributed by atoms with Crippen molar-refractivity contribution < 1.29 is 14.2 Å². The highest BCUT2D eigenvalue weighted by atomic mass is 16.7. The Morgan fingerprint density at radius 1 is 1.14 bits per heavy atom. The van der Waals surface area contributed by atoms with Crippen LogP contribution in [0.5, 0.6) is 0 Å². The van der Waals surface area contributed by atoms with E-state index < -0.39 is 0 Å². The lowest BCUT2D eigenvalue weighted by Crippen LogP contribution is -2.59. The van der Waals surface area contributed by atoms with E-state index >= 15 is 0 Å². The maximum atomic E-state index is 6.14. The molecule has 0 saturated carbocycles. The normalized spacial score (nSPS) is 31.0. The molecule has 2 saturated heterocycles. The van der Waals surface area contributed by atoms with Crippen LogP contribution in [0.4, 0.5) is 0 Å². The summed E-state index contributed by atoms with van der Waals surface area (Å²) in [5.74, 6) is 0. The average Bonchev–Trinajstić information content (AvgIpc) is 2.34. The summed E-state index contributed by atoms with van der Waals surface area (Å²) < 4.78 is 17.7. The minimum Gasteiger partial charge on any atom is -0.375 e. The number of piperidine rings is 1. The second-order valence-corrected chi connectivity index (χ2v) is 8.00. The number of ether oxygens (including phenoxy) is 3. The summed E-state index contributed by atoms with van der Waals surface area (Å²) in [4.78, 5) is 0. The Morgan fingerprint density at radius 3 is 2.38 bits per heavy atom. The quantitative estimate of drug-likeness (QED) is 0.846. The molecule has 0 aliphatic carbocycles. The van der Waals surface area contributed by atoms with E-state index in [4.69, 9.17) is 14.2 Å². The zero-order valence-corrected chi connectivity index (χ0v) is 14.4. The van der Waals surface area contributed by atoms with Crippen LogP contribution in [0.15, 0.2) is 0 Å². The minimum atomic E-state index is -0.0294. The van der Waals surface area contributed by atoms with E-state index in [0.717, 1.165) is 32.3 Å². The number of nitrogens with one attached hydrogen (secondary N) is 1. The van der Waals surface area contributed by atoms with Crippen molar-refractivity contribution in [3.05, 3.63) is 0 Å². The lowest BCUT2D eigenvalue weighted by molar-refractivity contribution is -0.198. The van der Waals surface area contributed by atoms with Crippen molar-refractivity contribution >= 4 is 0 Å². The molecule has 2 rings (SSSR count). The predicted octanol–water partition coefficient (Wildman–Crippen LogP) is 3.24. The molecule has 2 unspecified atom stereocenters. The molecule has 0 amide bonds. The van der Waals surface area contributed by atoms with E-state index in [1.807, 2.05) is 0 Å². The van der Waals surface area contributed by atoms with Crippen molar-refractivity contribution in [2.24, 2.45) is 0 Å². The van der Waals surface area contributed by atoms with Gasteiger partial charge in [0.25, 0.3) is 0 Å². The topological polar surface area (TPSA) is 39.7 Å². The molecule has 0 aromatic heterocycles. The Kier molecular flexibility index (Phi) is 5.69. The predicted molar refractivity (Wildman–Crippen MR) is 84.4 cm³/mol. The van der Waals surface area contributed by atoms with Gasteiger partial charge >= 0.3 is 0 Å². The summed E-state index contributed by atoms with van der Waals surface area (Å²) >= 11 is 0. The third-order valence-electron chi connectivity index (χ3n) is 4.24. The Bertz CT molecular complexity index is 308. The van der Waals surface area contributed by atoms with E-state index in [0.29, 0.717) is 12.7 Å². The first-order valence-corrected chi connectivity index (χ1v) is 8.44. The zero-order chi connectivity index (χ0) is 15.5. The highest BCUT2D eigenvalue weighted by Gasteiger charge is 2.38. The van der Waals surface area contributed by atoms with Gasteiger partial charge in [0.15, 0.2) is 6.29 Å². The monoisotopic (exact) mass is 299 g/mol. The van der Waals surface area contributed by atoms with Gasteiger partial charge in [-0.2, -0.15) is 0 Å². The van der Waals surface area contributed by atoms with Crippen molar-refractivity contribution in [1.29, 1.82) is 0 Å². The molecule has 0 bridgehead atoms. The largest absolute Gasteiger partial charge is 0.375 e. The molecule has 4 heteroatoms. The Balaban J connectivity index is 1.73. The summed E-state index contributed by atoms with van der Waals surface area (Å²) in [6.07, 6.45) is 5.82. The summed E-state index contributed by atoms with van der Waals surface area (Å²) in [5.41, 5.74) is 0.256. The zero-order valence-electron chi connectivity index (χ0n) is 14.4. The highest BCUT2D eigenvalue weighted by Crippen LogP contribution is 2.30. The van der Waals surface area contributed by atoms with E-state index in [9.17, 15) is 0 Å². The third-order valence-corrected chi connectivity index (χ3v) is 4.24. The van der Waals surface area contributed by atoms with Crippen LogP contribution in [0.25, 0.3) is 0 Å². The van der Waals surface area contributed by atoms with E-state index in [-0.39, 0.29) is 23.5 Å². The SMILES string of the molecule is CC(COC1CC(C)(C)NC(C)(C)C1)OC1CCCCO1. The number of hydrogen-bond donors (Lipinski definition) is 1. The van der Waals surface area contributed by atoms with E-state index in [1.54, 1.807) is 0 Å². The molecule has 2 aliphatic rings. The Hall–Kier alpha value is -0.160. The molecule has 0 aromatic carbocycles. The van der Waals surface area contributed by atoms with E-state index in [2.05, 4.69) is 39.9 Å². The van der Waals surface area contributed by atoms with Crippen molar-refractivity contribution in [2.45, 2.75) is 96.3 Å². The van der Waals surface area contributed by atoms with Crippen LogP contribution in [-0.2, 0) is 14.2 Å². The first-order valence-electron chi connectivity index (χ1n) is 8.44. The number of rotatable bonds is 5. The molecular formula is C17H33NO3. The van der Waals surface area contributed by atoms with Crippen molar-refractivity contribution in [3.8, 4) is 0 Å². The van der Waals surface area contributed by atoms with Gasteiger partial charge in [-0.25, -0.2) is 0 Å². The van der Waals surface area contributed by atoms with Crippen LogP contribution in [0, 0.1) is 0 Å². The van der Waals surface area contributed by atoms with Gasteiger partial charge < -0.3 is 19.5 Å². The fraction of sp³-hybridized carbons (Fsp3) is 1.00. The molecule has 0 spiro atoms. The van der Waals surface area contributed by atoms with Crippen LogP contribution < -0.4 is 5.32 Å². The highest BCUT2D eigenvalue weighted by molar-refractivity contribution is 4.97. The van der Waals surface area contributed by atoms with Gasteiger partial charge in [0.2, 0.25) is 0 Å².